The van der Waals surface area contributed by atoms with Crippen molar-refractivity contribution >= 4 is 5.91 Å². The van der Waals surface area contributed by atoms with Crippen molar-refractivity contribution in [3.63, 3.8) is 0 Å². The Morgan fingerprint density at radius 3 is 2.35 bits per heavy atom. The van der Waals surface area contributed by atoms with Gasteiger partial charge >= 0.3 is 0 Å². The first-order chi connectivity index (χ1) is 9.53. The van der Waals surface area contributed by atoms with Crippen LogP contribution in [0.1, 0.15) is 45.6 Å². The van der Waals surface area contributed by atoms with Crippen LogP contribution in [-0.4, -0.2) is 23.9 Å². The van der Waals surface area contributed by atoms with Crippen LogP contribution >= 0.6 is 0 Å². The fourth-order valence-electron chi connectivity index (χ4n) is 2.87. The SMILES string of the molecule is CCC(C)(C)C(=O)N1CCC(Cc2ccccc2)CC1. The van der Waals surface area contributed by atoms with Gasteiger partial charge in [0, 0.05) is 18.5 Å². The second-order valence-electron chi connectivity index (χ2n) is 6.66. The Hall–Kier alpha value is -1.31. The molecule has 1 amide bonds. The van der Waals surface area contributed by atoms with E-state index in [1.165, 1.54) is 5.56 Å². The van der Waals surface area contributed by atoms with Crippen molar-refractivity contribution in [1.82, 2.24) is 4.90 Å². The third kappa shape index (κ3) is 3.62. The van der Waals surface area contributed by atoms with E-state index in [9.17, 15) is 4.79 Å². The molecule has 2 nitrogen and oxygen atoms in total. The molecule has 0 bridgehead atoms. The molecule has 110 valence electrons. The van der Waals surface area contributed by atoms with Gasteiger partial charge in [-0.3, -0.25) is 4.79 Å². The highest BCUT2D eigenvalue weighted by Crippen LogP contribution is 2.27. The van der Waals surface area contributed by atoms with Crippen LogP contribution in [0.2, 0.25) is 0 Å². The molecule has 0 aromatic heterocycles. The number of hydrogen-bond donors (Lipinski definition) is 0. The van der Waals surface area contributed by atoms with E-state index in [0.717, 1.165) is 44.7 Å². The van der Waals surface area contributed by atoms with Crippen LogP contribution in [0, 0.1) is 11.3 Å². The first-order valence-electron chi connectivity index (χ1n) is 7.86. The van der Waals surface area contributed by atoms with Crippen LogP contribution in [0.25, 0.3) is 0 Å². The van der Waals surface area contributed by atoms with Crippen LogP contribution in [-0.2, 0) is 11.2 Å². The number of piperidine rings is 1. The summed E-state index contributed by atoms with van der Waals surface area (Å²) in [7, 11) is 0. The fraction of sp³-hybridized carbons (Fsp3) is 0.611. The number of amides is 1. The van der Waals surface area contributed by atoms with E-state index >= 15 is 0 Å². The summed E-state index contributed by atoms with van der Waals surface area (Å²) >= 11 is 0. The smallest absolute Gasteiger partial charge is 0.228 e. The minimum Gasteiger partial charge on any atom is -0.342 e. The molecule has 1 fully saturated rings. The molecule has 0 radical (unpaired) electrons. The third-order valence-electron chi connectivity index (χ3n) is 4.73. The van der Waals surface area contributed by atoms with Gasteiger partial charge in [-0.05, 0) is 37.2 Å². The predicted molar refractivity (Wildman–Crippen MR) is 83.5 cm³/mol. The van der Waals surface area contributed by atoms with Crippen LogP contribution in [0.4, 0.5) is 0 Å². The molecular weight excluding hydrogens is 246 g/mol. The van der Waals surface area contributed by atoms with E-state index in [1.807, 2.05) is 0 Å². The number of carbonyl (C=O) groups excluding carboxylic acids is 1. The molecule has 2 rings (SSSR count). The van der Waals surface area contributed by atoms with Crippen molar-refractivity contribution in [1.29, 1.82) is 0 Å². The van der Waals surface area contributed by atoms with Gasteiger partial charge in [-0.2, -0.15) is 0 Å². The van der Waals surface area contributed by atoms with Gasteiger partial charge in [0.2, 0.25) is 5.91 Å². The highest BCUT2D eigenvalue weighted by Gasteiger charge is 2.32. The Labute approximate surface area is 123 Å². The number of nitrogens with zero attached hydrogens (tertiary/aromatic N) is 1. The van der Waals surface area contributed by atoms with Gasteiger partial charge in [-0.15, -0.1) is 0 Å². The normalized spacial score (nSPS) is 17.2. The maximum absolute atomic E-state index is 12.4. The Balaban J connectivity index is 1.85. The van der Waals surface area contributed by atoms with Gasteiger partial charge in [0.05, 0.1) is 0 Å². The maximum Gasteiger partial charge on any atom is 0.228 e. The van der Waals surface area contributed by atoms with Gasteiger partial charge in [0.15, 0.2) is 0 Å². The Morgan fingerprint density at radius 2 is 1.80 bits per heavy atom. The molecule has 1 aliphatic heterocycles. The Morgan fingerprint density at radius 1 is 1.20 bits per heavy atom. The van der Waals surface area contributed by atoms with Gasteiger partial charge < -0.3 is 4.90 Å². The van der Waals surface area contributed by atoms with E-state index in [-0.39, 0.29) is 5.41 Å². The first-order valence-corrected chi connectivity index (χ1v) is 7.86. The summed E-state index contributed by atoms with van der Waals surface area (Å²) in [6.07, 6.45) is 4.34. The molecule has 1 aromatic carbocycles. The molecule has 1 aromatic rings. The summed E-state index contributed by atoms with van der Waals surface area (Å²) in [5.74, 6) is 1.06. The van der Waals surface area contributed by atoms with Crippen molar-refractivity contribution in [3.8, 4) is 0 Å². The van der Waals surface area contributed by atoms with E-state index in [0.29, 0.717) is 5.91 Å². The van der Waals surface area contributed by atoms with Crippen LogP contribution in [0.5, 0.6) is 0 Å². The molecule has 1 heterocycles. The van der Waals surface area contributed by atoms with Crippen molar-refractivity contribution in [2.24, 2.45) is 11.3 Å². The van der Waals surface area contributed by atoms with E-state index < -0.39 is 0 Å². The van der Waals surface area contributed by atoms with Gasteiger partial charge in [-0.1, -0.05) is 51.1 Å². The van der Waals surface area contributed by atoms with Gasteiger partial charge in [-0.25, -0.2) is 0 Å². The largest absolute Gasteiger partial charge is 0.342 e. The van der Waals surface area contributed by atoms with E-state index in [2.05, 4.69) is 56.0 Å². The molecule has 0 saturated carbocycles. The standard InChI is InChI=1S/C18H27NO/c1-4-18(2,3)17(20)19-12-10-16(11-13-19)14-15-8-6-5-7-9-15/h5-9,16H,4,10-14H2,1-3H3. The molecule has 0 aliphatic carbocycles. The van der Waals surface area contributed by atoms with Crippen molar-refractivity contribution in [3.05, 3.63) is 35.9 Å². The minimum absolute atomic E-state index is 0.202. The summed E-state index contributed by atoms with van der Waals surface area (Å²) in [6.45, 7) is 8.08. The minimum atomic E-state index is -0.202. The van der Waals surface area contributed by atoms with E-state index in [1.54, 1.807) is 0 Å². The zero-order valence-electron chi connectivity index (χ0n) is 13.1. The molecular formula is C18H27NO. The Kier molecular flexibility index (Phi) is 4.85. The number of benzene rings is 1. The topological polar surface area (TPSA) is 20.3 Å². The highest BCUT2D eigenvalue weighted by molar-refractivity contribution is 5.81. The summed E-state index contributed by atoms with van der Waals surface area (Å²) < 4.78 is 0. The van der Waals surface area contributed by atoms with Gasteiger partial charge in [0.1, 0.15) is 0 Å². The number of carbonyl (C=O) groups is 1. The lowest BCUT2D eigenvalue weighted by Gasteiger charge is -2.36. The molecule has 20 heavy (non-hydrogen) atoms. The molecule has 1 aliphatic rings. The van der Waals surface area contributed by atoms with Crippen LogP contribution < -0.4 is 0 Å². The molecule has 0 N–H and O–H groups in total. The maximum atomic E-state index is 12.4. The molecule has 0 atom stereocenters. The van der Waals surface area contributed by atoms with Gasteiger partial charge in [0.25, 0.3) is 0 Å². The second kappa shape index (κ2) is 6.43. The zero-order valence-corrected chi connectivity index (χ0v) is 13.1. The summed E-state index contributed by atoms with van der Waals surface area (Å²) in [6, 6.07) is 10.7. The monoisotopic (exact) mass is 273 g/mol. The number of likely N-dealkylation sites (tertiary alicyclic amines) is 1. The molecule has 2 heteroatoms. The molecule has 1 saturated heterocycles. The summed E-state index contributed by atoms with van der Waals surface area (Å²) in [5, 5.41) is 0. The summed E-state index contributed by atoms with van der Waals surface area (Å²) in [5.41, 5.74) is 1.22. The van der Waals surface area contributed by atoms with E-state index in [4.69, 9.17) is 0 Å². The lowest BCUT2D eigenvalue weighted by atomic mass is 9.85. The predicted octanol–water partition coefficient (Wildman–Crippen LogP) is 3.90. The Bertz CT molecular complexity index is 430. The van der Waals surface area contributed by atoms with Crippen molar-refractivity contribution in [2.45, 2.75) is 46.5 Å². The molecule has 0 unspecified atom stereocenters. The van der Waals surface area contributed by atoms with Crippen LogP contribution in [0.15, 0.2) is 30.3 Å². The fourth-order valence-corrected chi connectivity index (χ4v) is 2.87. The van der Waals surface area contributed by atoms with Crippen molar-refractivity contribution in [2.75, 3.05) is 13.1 Å². The quantitative estimate of drug-likeness (QED) is 0.814. The third-order valence-corrected chi connectivity index (χ3v) is 4.73. The lowest BCUT2D eigenvalue weighted by Crippen LogP contribution is -2.45. The highest BCUT2D eigenvalue weighted by atomic mass is 16.2. The number of hydrogen-bond acceptors (Lipinski definition) is 1. The second-order valence-corrected chi connectivity index (χ2v) is 6.66. The van der Waals surface area contributed by atoms with Crippen molar-refractivity contribution < 1.29 is 4.79 Å². The van der Waals surface area contributed by atoms with Crippen LogP contribution in [0.3, 0.4) is 0 Å². The number of rotatable bonds is 4. The summed E-state index contributed by atoms with van der Waals surface area (Å²) in [4.78, 5) is 14.5. The first kappa shape index (κ1) is 15.1. The zero-order chi connectivity index (χ0) is 14.6. The average molecular weight is 273 g/mol. The molecule has 0 spiro atoms. The average Bonchev–Trinajstić information content (AvgIpc) is 2.48. The lowest BCUT2D eigenvalue weighted by molar-refractivity contribution is -0.142.